The highest BCUT2D eigenvalue weighted by Crippen LogP contribution is 2.24. The molecule has 0 saturated carbocycles. The molecule has 138 valence electrons. The minimum Gasteiger partial charge on any atom is -0.357 e. The summed E-state index contributed by atoms with van der Waals surface area (Å²) in [6.45, 7) is 0. The lowest BCUT2D eigenvalue weighted by Gasteiger charge is -2.18. The summed E-state index contributed by atoms with van der Waals surface area (Å²) < 4.78 is 26.8. The first-order valence-corrected chi connectivity index (χ1v) is 8.30. The summed E-state index contributed by atoms with van der Waals surface area (Å²) in [5.74, 6) is -3.38. The van der Waals surface area contributed by atoms with E-state index < -0.39 is 29.5 Å². The molecule has 0 bridgehead atoms. The molecule has 27 heavy (non-hydrogen) atoms. The van der Waals surface area contributed by atoms with Gasteiger partial charge in [-0.3, -0.25) is 14.6 Å². The molecular weight excluding hydrogens is 376 g/mol. The summed E-state index contributed by atoms with van der Waals surface area (Å²) in [6.07, 6.45) is 1.53. The smallest absolute Gasteiger partial charge is 0.254 e. The van der Waals surface area contributed by atoms with Gasteiger partial charge in [0.1, 0.15) is 6.04 Å². The average Bonchev–Trinajstić information content (AvgIpc) is 2.66. The summed E-state index contributed by atoms with van der Waals surface area (Å²) in [5.41, 5.74) is 0.663. The quantitative estimate of drug-likeness (QED) is 0.718. The van der Waals surface area contributed by atoms with E-state index in [-0.39, 0.29) is 11.1 Å². The van der Waals surface area contributed by atoms with Crippen molar-refractivity contribution in [3.63, 3.8) is 0 Å². The molecule has 8 heteroatoms. The van der Waals surface area contributed by atoms with E-state index in [1.165, 1.54) is 25.4 Å². The van der Waals surface area contributed by atoms with Crippen molar-refractivity contribution in [1.82, 2.24) is 15.6 Å². The molecule has 3 rings (SSSR count). The molecule has 0 radical (unpaired) electrons. The van der Waals surface area contributed by atoms with Gasteiger partial charge in [-0.2, -0.15) is 0 Å². The van der Waals surface area contributed by atoms with Crippen LogP contribution in [-0.4, -0.2) is 23.8 Å². The molecule has 1 unspecified atom stereocenters. The summed E-state index contributed by atoms with van der Waals surface area (Å²) in [4.78, 5) is 29.2. The summed E-state index contributed by atoms with van der Waals surface area (Å²) in [5, 5.41) is 5.90. The molecule has 1 atom stereocenters. The highest BCUT2D eigenvalue weighted by Gasteiger charge is 2.25. The number of benzene rings is 2. The first-order valence-electron chi connectivity index (χ1n) is 7.92. The molecule has 0 aliphatic rings. The maximum absolute atomic E-state index is 13.6. The molecule has 5 nitrogen and oxygen atoms in total. The van der Waals surface area contributed by atoms with Crippen molar-refractivity contribution in [2.75, 3.05) is 7.05 Å². The molecule has 0 fully saturated rings. The Bertz CT molecular complexity index is 1040. The fourth-order valence-corrected chi connectivity index (χ4v) is 2.90. The lowest BCUT2D eigenvalue weighted by Crippen LogP contribution is -2.39. The minimum atomic E-state index is -1.23. The molecular formula is C19H14ClF2N3O2. The third-order valence-corrected chi connectivity index (χ3v) is 4.19. The Kier molecular flexibility index (Phi) is 5.32. The van der Waals surface area contributed by atoms with E-state index >= 15 is 0 Å². The van der Waals surface area contributed by atoms with Crippen molar-refractivity contribution in [2.45, 2.75) is 6.04 Å². The van der Waals surface area contributed by atoms with Gasteiger partial charge in [0.2, 0.25) is 5.91 Å². The molecule has 2 amide bonds. The lowest BCUT2D eigenvalue weighted by molar-refractivity contribution is -0.122. The van der Waals surface area contributed by atoms with Crippen LogP contribution in [0.1, 0.15) is 22.0 Å². The average molecular weight is 390 g/mol. The van der Waals surface area contributed by atoms with Gasteiger partial charge in [-0.25, -0.2) is 8.78 Å². The third-order valence-electron chi connectivity index (χ3n) is 3.98. The number of amides is 2. The van der Waals surface area contributed by atoms with Gasteiger partial charge in [0.25, 0.3) is 5.91 Å². The lowest BCUT2D eigenvalue weighted by atomic mass is 10.0. The Morgan fingerprint density at radius 1 is 1.11 bits per heavy atom. The first kappa shape index (κ1) is 18.7. The Morgan fingerprint density at radius 2 is 1.89 bits per heavy atom. The van der Waals surface area contributed by atoms with Crippen LogP contribution in [0.3, 0.4) is 0 Å². The molecule has 3 aromatic rings. The van der Waals surface area contributed by atoms with Crippen LogP contribution in [0.5, 0.6) is 0 Å². The molecule has 0 saturated heterocycles. The fourth-order valence-electron chi connectivity index (χ4n) is 2.67. The van der Waals surface area contributed by atoms with Crippen LogP contribution in [0, 0.1) is 11.6 Å². The molecule has 2 aromatic carbocycles. The van der Waals surface area contributed by atoms with Crippen LogP contribution < -0.4 is 10.6 Å². The number of nitrogens with one attached hydrogen (secondary N) is 2. The largest absolute Gasteiger partial charge is 0.357 e. The monoisotopic (exact) mass is 389 g/mol. The van der Waals surface area contributed by atoms with Gasteiger partial charge in [0.15, 0.2) is 11.6 Å². The van der Waals surface area contributed by atoms with Crippen molar-refractivity contribution < 1.29 is 18.4 Å². The molecule has 0 aliphatic heterocycles. The molecule has 0 spiro atoms. The van der Waals surface area contributed by atoms with E-state index in [1.54, 1.807) is 18.2 Å². The van der Waals surface area contributed by atoms with Gasteiger partial charge in [0, 0.05) is 23.7 Å². The first-order chi connectivity index (χ1) is 12.9. The van der Waals surface area contributed by atoms with Crippen molar-refractivity contribution >= 4 is 34.3 Å². The second-order valence-corrected chi connectivity index (χ2v) is 6.16. The molecule has 1 heterocycles. The maximum atomic E-state index is 13.6. The Hall–Kier alpha value is -3.06. The van der Waals surface area contributed by atoms with E-state index in [1.807, 2.05) is 0 Å². The number of halogens is 3. The maximum Gasteiger partial charge on any atom is 0.254 e. The highest BCUT2D eigenvalue weighted by molar-refractivity contribution is 6.32. The summed E-state index contributed by atoms with van der Waals surface area (Å²) >= 11 is 6.07. The Morgan fingerprint density at radius 3 is 2.59 bits per heavy atom. The predicted octanol–water partition coefficient (Wildman–Crippen LogP) is 3.38. The molecule has 1 aromatic heterocycles. The third kappa shape index (κ3) is 3.88. The standard InChI is InChI=1S/C19H14ClF2N3O2/c1-23-19(27)17(11-4-5-14(21)15(22)8-11)25-18(26)13-9-12(20)7-10-3-2-6-24-16(10)13/h2-9,17H,1H3,(H,23,27)(H,25,26). The van der Waals surface area contributed by atoms with Crippen LogP contribution in [0.15, 0.2) is 48.7 Å². The number of hydrogen-bond acceptors (Lipinski definition) is 3. The number of hydrogen-bond donors (Lipinski definition) is 2. The number of aromatic nitrogens is 1. The minimum absolute atomic E-state index is 0.0980. The summed E-state index contributed by atoms with van der Waals surface area (Å²) in [7, 11) is 1.37. The van der Waals surface area contributed by atoms with E-state index in [0.717, 1.165) is 12.1 Å². The second-order valence-electron chi connectivity index (χ2n) is 5.72. The number of rotatable bonds is 4. The van der Waals surface area contributed by atoms with Gasteiger partial charge in [-0.15, -0.1) is 0 Å². The van der Waals surface area contributed by atoms with E-state index in [2.05, 4.69) is 15.6 Å². The van der Waals surface area contributed by atoms with Crippen molar-refractivity contribution in [3.05, 3.63) is 76.4 Å². The zero-order chi connectivity index (χ0) is 19.6. The number of fused-ring (bicyclic) bond motifs is 1. The normalized spacial score (nSPS) is 11.9. The van der Waals surface area contributed by atoms with Crippen LogP contribution in [0.4, 0.5) is 8.78 Å². The molecule has 0 aliphatic carbocycles. The van der Waals surface area contributed by atoms with Crippen LogP contribution >= 0.6 is 11.6 Å². The number of carbonyl (C=O) groups is 2. The van der Waals surface area contributed by atoms with Crippen LogP contribution in [-0.2, 0) is 4.79 Å². The zero-order valence-corrected chi connectivity index (χ0v) is 14.8. The van der Waals surface area contributed by atoms with Gasteiger partial charge < -0.3 is 10.6 Å². The van der Waals surface area contributed by atoms with Gasteiger partial charge in [0.05, 0.1) is 11.1 Å². The van der Waals surface area contributed by atoms with Crippen molar-refractivity contribution in [2.24, 2.45) is 0 Å². The second kappa shape index (κ2) is 7.67. The number of pyridine rings is 1. The van der Waals surface area contributed by atoms with E-state index in [4.69, 9.17) is 11.6 Å². The van der Waals surface area contributed by atoms with Crippen LogP contribution in [0.25, 0.3) is 10.9 Å². The van der Waals surface area contributed by atoms with Gasteiger partial charge >= 0.3 is 0 Å². The van der Waals surface area contributed by atoms with Gasteiger partial charge in [-0.05, 0) is 35.9 Å². The predicted molar refractivity (Wildman–Crippen MR) is 97.4 cm³/mol. The van der Waals surface area contributed by atoms with E-state index in [9.17, 15) is 18.4 Å². The van der Waals surface area contributed by atoms with Crippen LogP contribution in [0.2, 0.25) is 5.02 Å². The highest BCUT2D eigenvalue weighted by atomic mass is 35.5. The number of nitrogens with zero attached hydrogens (tertiary/aromatic N) is 1. The Balaban J connectivity index is 2.00. The van der Waals surface area contributed by atoms with Crippen molar-refractivity contribution in [1.29, 1.82) is 0 Å². The molecule has 2 N–H and O–H groups in total. The summed E-state index contributed by atoms with van der Waals surface area (Å²) in [6, 6.07) is 8.30. The number of likely N-dealkylation sites (N-methyl/N-ethyl adjacent to an activating group) is 1. The SMILES string of the molecule is CNC(=O)C(NC(=O)c1cc(Cl)cc2cccnc12)c1ccc(F)c(F)c1. The van der Waals surface area contributed by atoms with E-state index in [0.29, 0.717) is 15.9 Å². The van der Waals surface area contributed by atoms with Gasteiger partial charge in [-0.1, -0.05) is 23.7 Å². The topological polar surface area (TPSA) is 71.1 Å². The van der Waals surface area contributed by atoms with Crippen molar-refractivity contribution in [3.8, 4) is 0 Å². The number of carbonyl (C=O) groups excluding carboxylic acids is 2. The Labute approximate surface area is 158 Å². The fraction of sp³-hybridized carbons (Fsp3) is 0.105. The zero-order valence-electron chi connectivity index (χ0n) is 14.1.